The van der Waals surface area contributed by atoms with Crippen molar-refractivity contribution in [2.45, 2.75) is 13.3 Å². The van der Waals surface area contributed by atoms with Gasteiger partial charge in [-0.1, -0.05) is 18.5 Å². The van der Waals surface area contributed by atoms with E-state index >= 15 is 0 Å². The first-order chi connectivity index (χ1) is 9.52. The third kappa shape index (κ3) is 6.16. The zero-order valence-corrected chi connectivity index (χ0v) is 12.6. The molecule has 0 radical (unpaired) electrons. The van der Waals surface area contributed by atoms with Gasteiger partial charge in [-0.25, -0.2) is 0 Å². The Morgan fingerprint density at radius 3 is 2.80 bits per heavy atom. The number of carbonyl (C=O) groups excluding carboxylic acids is 1. The monoisotopic (exact) mass is 317 g/mol. The highest BCUT2D eigenvalue weighted by Gasteiger charge is 2.10. The second-order valence-corrected chi connectivity index (χ2v) is 5.35. The van der Waals surface area contributed by atoms with Crippen LogP contribution in [0.15, 0.2) is 18.2 Å². The van der Waals surface area contributed by atoms with Crippen molar-refractivity contribution in [3.05, 3.63) is 23.2 Å². The van der Waals surface area contributed by atoms with Gasteiger partial charge in [-0.05, 0) is 24.6 Å². The van der Waals surface area contributed by atoms with Gasteiger partial charge >= 0.3 is 5.97 Å². The molecule has 0 saturated carbocycles. The Bertz CT molecular complexity index is 481. The first-order valence-electron chi connectivity index (χ1n) is 6.04. The van der Waals surface area contributed by atoms with Crippen molar-refractivity contribution in [3.63, 3.8) is 0 Å². The van der Waals surface area contributed by atoms with Crippen molar-refractivity contribution in [2.75, 3.05) is 23.4 Å². The molecule has 0 atom stereocenters. The highest BCUT2D eigenvalue weighted by Crippen LogP contribution is 2.28. The van der Waals surface area contributed by atoms with Gasteiger partial charge in [0.05, 0.1) is 23.8 Å². The SMILES string of the molecule is CCCOc1ccc(Cl)cc1NC(=O)CSCC(=O)O. The number of halogens is 1. The molecule has 0 aliphatic carbocycles. The van der Waals surface area contributed by atoms with Crippen LogP contribution in [0.2, 0.25) is 5.02 Å². The number of carboxylic acids is 1. The molecule has 1 aromatic rings. The van der Waals surface area contributed by atoms with Crippen LogP contribution in [-0.2, 0) is 9.59 Å². The predicted octanol–water partition coefficient (Wildman–Crippen LogP) is 2.89. The highest BCUT2D eigenvalue weighted by atomic mass is 35.5. The van der Waals surface area contributed by atoms with Gasteiger partial charge in [0.2, 0.25) is 5.91 Å². The fourth-order valence-corrected chi connectivity index (χ4v) is 2.06. The van der Waals surface area contributed by atoms with Gasteiger partial charge in [0.1, 0.15) is 5.75 Å². The zero-order chi connectivity index (χ0) is 15.0. The Morgan fingerprint density at radius 1 is 1.40 bits per heavy atom. The summed E-state index contributed by atoms with van der Waals surface area (Å²) < 4.78 is 5.51. The highest BCUT2D eigenvalue weighted by molar-refractivity contribution is 8.00. The minimum Gasteiger partial charge on any atom is -0.491 e. The van der Waals surface area contributed by atoms with E-state index in [0.717, 1.165) is 18.2 Å². The van der Waals surface area contributed by atoms with E-state index in [1.807, 2.05) is 6.92 Å². The summed E-state index contributed by atoms with van der Waals surface area (Å²) in [6.45, 7) is 2.52. The van der Waals surface area contributed by atoms with Crippen LogP contribution in [0, 0.1) is 0 Å². The van der Waals surface area contributed by atoms with E-state index in [1.54, 1.807) is 18.2 Å². The van der Waals surface area contributed by atoms with E-state index < -0.39 is 5.97 Å². The zero-order valence-electron chi connectivity index (χ0n) is 11.0. The van der Waals surface area contributed by atoms with Crippen molar-refractivity contribution in [1.82, 2.24) is 0 Å². The second kappa shape index (κ2) is 8.71. The van der Waals surface area contributed by atoms with E-state index in [-0.39, 0.29) is 17.4 Å². The Balaban J connectivity index is 2.62. The molecule has 0 fully saturated rings. The number of carbonyl (C=O) groups is 2. The summed E-state index contributed by atoms with van der Waals surface area (Å²) in [7, 11) is 0. The van der Waals surface area contributed by atoms with Crippen molar-refractivity contribution in [2.24, 2.45) is 0 Å². The largest absolute Gasteiger partial charge is 0.491 e. The van der Waals surface area contributed by atoms with Crippen LogP contribution in [-0.4, -0.2) is 35.1 Å². The fraction of sp³-hybridized carbons (Fsp3) is 0.385. The molecule has 0 saturated heterocycles. The third-order valence-corrected chi connectivity index (χ3v) is 3.29. The maximum Gasteiger partial charge on any atom is 0.313 e. The van der Waals surface area contributed by atoms with Crippen LogP contribution < -0.4 is 10.1 Å². The van der Waals surface area contributed by atoms with E-state index in [1.165, 1.54) is 0 Å². The molecule has 0 unspecified atom stereocenters. The Hall–Kier alpha value is -1.40. The number of rotatable bonds is 8. The maximum absolute atomic E-state index is 11.7. The smallest absolute Gasteiger partial charge is 0.313 e. The summed E-state index contributed by atoms with van der Waals surface area (Å²) >= 11 is 6.92. The van der Waals surface area contributed by atoms with E-state index in [4.69, 9.17) is 21.4 Å². The summed E-state index contributed by atoms with van der Waals surface area (Å²) in [5.74, 6) is -0.737. The molecule has 0 spiro atoms. The molecule has 2 N–H and O–H groups in total. The topological polar surface area (TPSA) is 75.6 Å². The quantitative estimate of drug-likeness (QED) is 0.771. The van der Waals surface area contributed by atoms with Gasteiger partial charge in [0.15, 0.2) is 0 Å². The van der Waals surface area contributed by atoms with Crippen LogP contribution in [0.4, 0.5) is 5.69 Å². The van der Waals surface area contributed by atoms with Crippen molar-refractivity contribution in [3.8, 4) is 5.75 Å². The lowest BCUT2D eigenvalue weighted by Crippen LogP contribution is -2.16. The number of ether oxygens (including phenoxy) is 1. The van der Waals surface area contributed by atoms with Gasteiger partial charge in [0.25, 0.3) is 0 Å². The summed E-state index contributed by atoms with van der Waals surface area (Å²) in [5.41, 5.74) is 0.492. The van der Waals surface area contributed by atoms with Crippen LogP contribution in [0.3, 0.4) is 0 Å². The molecule has 0 bridgehead atoms. The lowest BCUT2D eigenvalue weighted by atomic mass is 10.3. The molecule has 0 aliphatic rings. The third-order valence-electron chi connectivity index (χ3n) is 2.14. The van der Waals surface area contributed by atoms with Crippen molar-refractivity contribution >= 4 is 40.9 Å². The van der Waals surface area contributed by atoms with Gasteiger partial charge in [-0.3, -0.25) is 9.59 Å². The minimum absolute atomic E-state index is 0.0615. The first kappa shape index (κ1) is 16.7. The molecule has 0 aliphatic heterocycles. The molecular weight excluding hydrogens is 302 g/mol. The summed E-state index contributed by atoms with van der Waals surface area (Å²) in [6, 6.07) is 4.98. The van der Waals surface area contributed by atoms with Crippen LogP contribution >= 0.6 is 23.4 Å². The molecule has 1 amide bonds. The summed E-state index contributed by atoms with van der Waals surface area (Å²) in [4.78, 5) is 22.1. The Morgan fingerprint density at radius 2 is 2.15 bits per heavy atom. The molecule has 110 valence electrons. The number of hydrogen-bond donors (Lipinski definition) is 2. The Kier molecular flexibility index (Phi) is 7.25. The average Bonchev–Trinajstić information content (AvgIpc) is 2.37. The van der Waals surface area contributed by atoms with Gasteiger partial charge in [-0.15, -0.1) is 11.8 Å². The predicted molar refractivity (Wildman–Crippen MR) is 80.8 cm³/mol. The van der Waals surface area contributed by atoms with Crippen LogP contribution in [0.5, 0.6) is 5.75 Å². The van der Waals surface area contributed by atoms with E-state index in [2.05, 4.69) is 5.32 Å². The molecule has 5 nitrogen and oxygen atoms in total. The number of hydrogen-bond acceptors (Lipinski definition) is 4. The van der Waals surface area contributed by atoms with Gasteiger partial charge in [-0.2, -0.15) is 0 Å². The standard InChI is InChI=1S/C13H16ClNO4S/c1-2-5-19-11-4-3-9(14)6-10(11)15-12(16)7-20-8-13(17)18/h3-4,6H,2,5,7-8H2,1H3,(H,15,16)(H,17,18). The lowest BCUT2D eigenvalue weighted by Gasteiger charge is -2.12. The number of amides is 1. The molecule has 0 aromatic heterocycles. The fourth-order valence-electron chi connectivity index (χ4n) is 1.36. The number of benzene rings is 1. The minimum atomic E-state index is -0.947. The van der Waals surface area contributed by atoms with Gasteiger partial charge < -0.3 is 15.2 Å². The Labute approximate surface area is 126 Å². The van der Waals surface area contributed by atoms with Crippen LogP contribution in [0.25, 0.3) is 0 Å². The molecule has 7 heteroatoms. The summed E-state index contributed by atoms with van der Waals surface area (Å²) in [5, 5.41) is 11.7. The molecule has 1 rings (SSSR count). The molecular formula is C13H16ClNO4S. The number of nitrogens with one attached hydrogen (secondary N) is 1. The second-order valence-electron chi connectivity index (χ2n) is 3.92. The van der Waals surface area contributed by atoms with Gasteiger partial charge in [0, 0.05) is 5.02 Å². The summed E-state index contributed by atoms with van der Waals surface area (Å²) in [6.07, 6.45) is 0.852. The van der Waals surface area contributed by atoms with Crippen LogP contribution in [0.1, 0.15) is 13.3 Å². The van der Waals surface area contributed by atoms with Crippen molar-refractivity contribution in [1.29, 1.82) is 0 Å². The lowest BCUT2D eigenvalue weighted by molar-refractivity contribution is -0.133. The number of anilines is 1. The maximum atomic E-state index is 11.7. The number of aliphatic carboxylic acids is 1. The normalized spacial score (nSPS) is 10.1. The molecule has 1 aromatic carbocycles. The average molecular weight is 318 g/mol. The first-order valence-corrected chi connectivity index (χ1v) is 7.58. The van der Waals surface area contributed by atoms with Crippen molar-refractivity contribution < 1.29 is 19.4 Å². The van der Waals surface area contributed by atoms with E-state index in [9.17, 15) is 9.59 Å². The number of carboxylic acid groups (broad SMARTS) is 1. The molecule has 0 heterocycles. The van der Waals surface area contributed by atoms with E-state index in [0.29, 0.717) is 23.1 Å². The molecule has 20 heavy (non-hydrogen) atoms. The number of thioether (sulfide) groups is 1.